The Hall–Kier alpha value is -2.38. The van der Waals surface area contributed by atoms with Gasteiger partial charge in [0.2, 0.25) is 10.0 Å². The predicted octanol–water partition coefficient (Wildman–Crippen LogP) is 3.05. The Morgan fingerprint density at radius 2 is 1.82 bits per heavy atom. The van der Waals surface area contributed by atoms with Crippen molar-refractivity contribution in [1.29, 1.82) is 0 Å². The summed E-state index contributed by atoms with van der Waals surface area (Å²) in [6, 6.07) is 15.0. The number of fused-ring (bicyclic) bond motifs is 1. The molecule has 1 unspecified atom stereocenters. The van der Waals surface area contributed by atoms with Gasteiger partial charge in [-0.3, -0.25) is 4.79 Å². The Bertz CT molecular complexity index is 967. The van der Waals surface area contributed by atoms with Gasteiger partial charge in [0, 0.05) is 13.1 Å². The number of benzene rings is 2. The van der Waals surface area contributed by atoms with E-state index in [1.165, 1.54) is 11.6 Å². The summed E-state index contributed by atoms with van der Waals surface area (Å²) in [5, 5.41) is 2.71. The van der Waals surface area contributed by atoms with Crippen LogP contribution in [-0.2, 0) is 21.2 Å². The summed E-state index contributed by atoms with van der Waals surface area (Å²) in [7, 11) is -3.60. The number of carbonyl (C=O) groups is 1. The molecule has 2 aromatic rings. The highest BCUT2D eigenvalue weighted by Gasteiger charge is 2.31. The van der Waals surface area contributed by atoms with E-state index >= 15 is 0 Å². The number of amides is 1. The average molecular weight is 401 g/mol. The molecule has 2 aliphatic heterocycles. The summed E-state index contributed by atoms with van der Waals surface area (Å²) in [6.45, 7) is 2.68. The molecule has 0 saturated carbocycles. The van der Waals surface area contributed by atoms with Crippen LogP contribution in [0.3, 0.4) is 0 Å². The van der Waals surface area contributed by atoms with Gasteiger partial charge < -0.3 is 10.1 Å². The fourth-order valence-electron chi connectivity index (χ4n) is 3.80. The van der Waals surface area contributed by atoms with Crippen LogP contribution in [0.2, 0.25) is 0 Å². The van der Waals surface area contributed by atoms with Gasteiger partial charge >= 0.3 is 0 Å². The maximum absolute atomic E-state index is 13.1. The van der Waals surface area contributed by atoms with Gasteiger partial charge in [-0.1, -0.05) is 30.3 Å². The molecular formula is C21H24N2O4S. The lowest BCUT2D eigenvalue weighted by Gasteiger charge is -2.31. The van der Waals surface area contributed by atoms with E-state index in [9.17, 15) is 13.2 Å². The smallest absolute Gasteiger partial charge is 0.265 e. The molecule has 6 nitrogen and oxygen atoms in total. The normalized spacial score (nSPS) is 20.9. The number of carbonyl (C=O) groups excluding carboxylic acids is 1. The zero-order valence-corrected chi connectivity index (χ0v) is 16.6. The van der Waals surface area contributed by atoms with Crippen LogP contribution in [0.25, 0.3) is 0 Å². The second-order valence-corrected chi connectivity index (χ2v) is 9.38. The number of nitrogens with one attached hydrogen (secondary N) is 1. The molecule has 1 saturated heterocycles. The van der Waals surface area contributed by atoms with Crippen LogP contribution in [0.4, 0.5) is 5.69 Å². The number of anilines is 1. The van der Waals surface area contributed by atoms with Crippen molar-refractivity contribution in [3.05, 3.63) is 54.1 Å². The van der Waals surface area contributed by atoms with Crippen LogP contribution in [0.5, 0.6) is 5.75 Å². The predicted molar refractivity (Wildman–Crippen MR) is 107 cm³/mol. The van der Waals surface area contributed by atoms with Gasteiger partial charge in [-0.15, -0.1) is 0 Å². The van der Waals surface area contributed by atoms with E-state index in [0.717, 1.165) is 19.3 Å². The van der Waals surface area contributed by atoms with Crippen LogP contribution in [-0.4, -0.2) is 37.8 Å². The lowest BCUT2D eigenvalue weighted by Crippen LogP contribution is -2.39. The van der Waals surface area contributed by atoms with E-state index in [-0.39, 0.29) is 10.8 Å². The summed E-state index contributed by atoms with van der Waals surface area (Å²) in [4.78, 5) is 12.0. The topological polar surface area (TPSA) is 75.7 Å². The summed E-state index contributed by atoms with van der Waals surface area (Å²) in [5.41, 5.74) is 1.70. The molecule has 148 valence electrons. The first kappa shape index (κ1) is 19.0. The molecule has 1 N–H and O–H groups in total. The highest BCUT2D eigenvalue weighted by atomic mass is 32.2. The van der Waals surface area contributed by atoms with Crippen LogP contribution in [0.1, 0.15) is 25.3 Å². The zero-order valence-electron chi connectivity index (χ0n) is 15.8. The molecule has 1 atom stereocenters. The molecule has 0 aromatic heterocycles. The quantitative estimate of drug-likeness (QED) is 0.856. The Labute approximate surface area is 165 Å². The molecule has 0 bridgehead atoms. The van der Waals surface area contributed by atoms with Crippen molar-refractivity contribution in [1.82, 2.24) is 4.31 Å². The highest BCUT2D eigenvalue weighted by Crippen LogP contribution is 2.33. The number of nitrogens with zero attached hydrogens (tertiary/aromatic N) is 1. The number of piperidine rings is 1. The number of hydrogen-bond donors (Lipinski definition) is 1. The average Bonchev–Trinajstić information content (AvgIpc) is 2.70. The lowest BCUT2D eigenvalue weighted by atomic mass is 9.91. The molecule has 2 aliphatic rings. The van der Waals surface area contributed by atoms with Crippen molar-refractivity contribution in [3.63, 3.8) is 0 Å². The van der Waals surface area contributed by atoms with Gasteiger partial charge in [-0.25, -0.2) is 8.42 Å². The lowest BCUT2D eigenvalue weighted by molar-refractivity contribution is -0.122. The van der Waals surface area contributed by atoms with Gasteiger partial charge in [0.25, 0.3) is 5.91 Å². The Kier molecular flexibility index (Phi) is 5.12. The van der Waals surface area contributed by atoms with Gasteiger partial charge in [0.15, 0.2) is 6.10 Å². The third-order valence-electron chi connectivity index (χ3n) is 5.46. The third kappa shape index (κ3) is 3.77. The van der Waals surface area contributed by atoms with Crippen LogP contribution >= 0.6 is 0 Å². The zero-order chi connectivity index (χ0) is 19.7. The van der Waals surface area contributed by atoms with Gasteiger partial charge in [0.05, 0.1) is 10.6 Å². The Morgan fingerprint density at radius 3 is 2.54 bits per heavy atom. The van der Waals surface area contributed by atoms with Crippen molar-refractivity contribution >= 4 is 21.6 Å². The van der Waals surface area contributed by atoms with Gasteiger partial charge in [-0.2, -0.15) is 4.31 Å². The summed E-state index contributed by atoms with van der Waals surface area (Å²) < 4.78 is 33.2. The maximum atomic E-state index is 13.1. The van der Waals surface area contributed by atoms with Crippen molar-refractivity contribution in [2.45, 2.75) is 37.2 Å². The van der Waals surface area contributed by atoms with Crippen molar-refractivity contribution in [2.24, 2.45) is 5.92 Å². The fraction of sp³-hybridized carbons (Fsp3) is 0.381. The monoisotopic (exact) mass is 400 g/mol. The minimum absolute atomic E-state index is 0.186. The molecule has 0 radical (unpaired) electrons. The SMILES string of the molecule is CC1Oc2ccc(S(=O)(=O)N3CCC(Cc4ccccc4)CC3)cc2NC1=O. The standard InChI is InChI=1S/C21H24N2O4S/c1-15-21(24)22-19-14-18(7-8-20(19)27-15)28(25,26)23-11-9-17(10-12-23)13-16-5-3-2-4-6-16/h2-8,14-15,17H,9-13H2,1H3,(H,22,24). The van der Waals surface area contributed by atoms with E-state index in [2.05, 4.69) is 17.4 Å². The first-order valence-electron chi connectivity index (χ1n) is 9.59. The molecule has 1 amide bonds. The number of sulfonamides is 1. The minimum atomic E-state index is -3.60. The maximum Gasteiger partial charge on any atom is 0.265 e. The molecule has 2 aromatic carbocycles. The summed E-state index contributed by atoms with van der Waals surface area (Å²) in [6.07, 6.45) is 2.08. The van der Waals surface area contributed by atoms with Gasteiger partial charge in [-0.05, 0) is 55.9 Å². The van der Waals surface area contributed by atoms with E-state index in [1.807, 2.05) is 18.2 Å². The number of ether oxygens (including phenoxy) is 1. The van der Waals surface area contributed by atoms with E-state index < -0.39 is 16.1 Å². The summed E-state index contributed by atoms with van der Waals surface area (Å²) >= 11 is 0. The molecule has 4 rings (SSSR count). The fourth-order valence-corrected chi connectivity index (χ4v) is 5.30. The molecule has 7 heteroatoms. The van der Waals surface area contributed by atoms with Crippen molar-refractivity contribution in [2.75, 3.05) is 18.4 Å². The first-order chi connectivity index (χ1) is 13.4. The minimum Gasteiger partial charge on any atom is -0.479 e. The molecule has 1 fully saturated rings. The van der Waals surface area contributed by atoms with Crippen molar-refractivity contribution in [3.8, 4) is 5.75 Å². The van der Waals surface area contributed by atoms with E-state index in [1.54, 1.807) is 23.4 Å². The molecular weight excluding hydrogens is 376 g/mol. The van der Waals surface area contributed by atoms with Gasteiger partial charge in [0.1, 0.15) is 5.75 Å². The second kappa shape index (κ2) is 7.56. The first-order valence-corrected chi connectivity index (χ1v) is 11.0. The molecule has 0 spiro atoms. The van der Waals surface area contributed by atoms with Crippen LogP contribution in [0, 0.1) is 5.92 Å². The highest BCUT2D eigenvalue weighted by molar-refractivity contribution is 7.89. The second-order valence-electron chi connectivity index (χ2n) is 7.44. The Balaban J connectivity index is 1.45. The number of hydrogen-bond acceptors (Lipinski definition) is 4. The molecule has 2 heterocycles. The van der Waals surface area contributed by atoms with Crippen molar-refractivity contribution < 1.29 is 17.9 Å². The van der Waals surface area contributed by atoms with E-state index in [4.69, 9.17) is 4.74 Å². The number of rotatable bonds is 4. The summed E-state index contributed by atoms with van der Waals surface area (Å²) in [5.74, 6) is 0.711. The largest absolute Gasteiger partial charge is 0.479 e. The molecule has 0 aliphatic carbocycles. The van der Waals surface area contributed by atoms with E-state index in [0.29, 0.717) is 30.4 Å². The molecule has 28 heavy (non-hydrogen) atoms. The van der Waals surface area contributed by atoms with Crippen LogP contribution < -0.4 is 10.1 Å². The van der Waals surface area contributed by atoms with Crippen LogP contribution in [0.15, 0.2) is 53.4 Å². The Morgan fingerprint density at radius 1 is 1.11 bits per heavy atom. The third-order valence-corrected chi connectivity index (χ3v) is 7.35.